The van der Waals surface area contributed by atoms with Gasteiger partial charge in [-0.05, 0) is 19.8 Å². The fourth-order valence-electron chi connectivity index (χ4n) is 1.40. The molecule has 0 radical (unpaired) electrons. The molecule has 0 bridgehead atoms. The van der Waals surface area contributed by atoms with Gasteiger partial charge in [-0.3, -0.25) is 4.79 Å². The highest BCUT2D eigenvalue weighted by Gasteiger charge is 2.13. The number of nitrogens with one attached hydrogen (secondary N) is 2. The zero-order chi connectivity index (χ0) is 9.52. The summed E-state index contributed by atoms with van der Waals surface area (Å²) < 4.78 is 5.21. The summed E-state index contributed by atoms with van der Waals surface area (Å²) in [6.45, 7) is 4.68. The first-order valence-corrected chi connectivity index (χ1v) is 4.90. The van der Waals surface area contributed by atoms with Crippen molar-refractivity contribution >= 4 is 5.91 Å². The molecular formula is C9H18N2O2. The summed E-state index contributed by atoms with van der Waals surface area (Å²) in [4.78, 5) is 11.1. The Hall–Kier alpha value is -0.610. The normalized spacial score (nSPS) is 18.5. The lowest BCUT2D eigenvalue weighted by molar-refractivity contribution is -0.120. The minimum Gasteiger partial charge on any atom is -0.381 e. The Morgan fingerprint density at radius 3 is 2.77 bits per heavy atom. The minimum atomic E-state index is 0.0778. The average molecular weight is 186 g/mol. The molecule has 76 valence electrons. The zero-order valence-electron chi connectivity index (χ0n) is 8.14. The summed E-state index contributed by atoms with van der Waals surface area (Å²) in [5.74, 6) is 0.0778. The average Bonchev–Trinajstić information content (AvgIpc) is 2.17. The van der Waals surface area contributed by atoms with E-state index < -0.39 is 0 Å². The highest BCUT2D eigenvalue weighted by Crippen LogP contribution is 2.05. The minimum absolute atomic E-state index is 0.0778. The topological polar surface area (TPSA) is 50.4 Å². The molecule has 0 aromatic carbocycles. The van der Waals surface area contributed by atoms with Gasteiger partial charge in [0, 0.05) is 25.8 Å². The summed E-state index contributed by atoms with van der Waals surface area (Å²) in [7, 11) is 0. The summed E-state index contributed by atoms with van der Waals surface area (Å²) in [6.07, 6.45) is 2.03. The first-order valence-electron chi connectivity index (χ1n) is 4.90. The maximum Gasteiger partial charge on any atom is 0.233 e. The van der Waals surface area contributed by atoms with Crippen LogP contribution >= 0.6 is 0 Å². The van der Waals surface area contributed by atoms with Gasteiger partial charge in [-0.15, -0.1) is 0 Å². The molecule has 0 aromatic rings. The van der Waals surface area contributed by atoms with E-state index in [1.165, 1.54) is 0 Å². The van der Waals surface area contributed by atoms with Gasteiger partial charge >= 0.3 is 0 Å². The number of hydrogen-bond donors (Lipinski definition) is 2. The van der Waals surface area contributed by atoms with Gasteiger partial charge in [-0.1, -0.05) is 0 Å². The number of likely N-dealkylation sites (N-methyl/N-ethyl adjacent to an activating group) is 1. The molecule has 1 fully saturated rings. The highest BCUT2D eigenvalue weighted by atomic mass is 16.5. The SMILES string of the molecule is CCNC(=O)CNC1CCOCC1. The lowest BCUT2D eigenvalue weighted by atomic mass is 10.1. The number of ether oxygens (including phenoxy) is 1. The molecule has 4 heteroatoms. The molecule has 0 atom stereocenters. The van der Waals surface area contributed by atoms with Gasteiger partial charge in [0.1, 0.15) is 0 Å². The molecule has 2 N–H and O–H groups in total. The summed E-state index contributed by atoms with van der Waals surface area (Å²) >= 11 is 0. The summed E-state index contributed by atoms with van der Waals surface area (Å²) in [5, 5.41) is 5.97. The van der Waals surface area contributed by atoms with Gasteiger partial charge in [0.2, 0.25) is 5.91 Å². The first-order chi connectivity index (χ1) is 6.33. The molecule has 1 rings (SSSR count). The Bertz CT molecular complexity index is 156. The Kier molecular flexibility index (Phi) is 4.78. The highest BCUT2D eigenvalue weighted by molar-refractivity contribution is 5.77. The Morgan fingerprint density at radius 1 is 1.46 bits per heavy atom. The van der Waals surface area contributed by atoms with Crippen molar-refractivity contribution in [2.75, 3.05) is 26.3 Å². The third-order valence-corrected chi connectivity index (χ3v) is 2.15. The maximum atomic E-state index is 11.1. The van der Waals surface area contributed by atoms with Crippen molar-refractivity contribution in [2.45, 2.75) is 25.8 Å². The van der Waals surface area contributed by atoms with Crippen LogP contribution in [-0.2, 0) is 9.53 Å². The third-order valence-electron chi connectivity index (χ3n) is 2.15. The number of amides is 1. The van der Waals surface area contributed by atoms with E-state index >= 15 is 0 Å². The van der Waals surface area contributed by atoms with Crippen LogP contribution in [0.5, 0.6) is 0 Å². The largest absolute Gasteiger partial charge is 0.381 e. The van der Waals surface area contributed by atoms with E-state index in [0.717, 1.165) is 26.1 Å². The van der Waals surface area contributed by atoms with Crippen LogP contribution in [0.25, 0.3) is 0 Å². The number of carbonyl (C=O) groups is 1. The van der Waals surface area contributed by atoms with Crippen molar-refractivity contribution in [3.8, 4) is 0 Å². The van der Waals surface area contributed by atoms with E-state index in [-0.39, 0.29) is 5.91 Å². The van der Waals surface area contributed by atoms with Gasteiger partial charge in [0.25, 0.3) is 0 Å². The zero-order valence-corrected chi connectivity index (χ0v) is 8.14. The number of rotatable bonds is 4. The van der Waals surface area contributed by atoms with Gasteiger partial charge in [-0.2, -0.15) is 0 Å². The molecule has 1 heterocycles. The predicted molar refractivity (Wildman–Crippen MR) is 50.5 cm³/mol. The quantitative estimate of drug-likeness (QED) is 0.644. The third kappa shape index (κ3) is 4.24. The van der Waals surface area contributed by atoms with Gasteiger partial charge in [0.15, 0.2) is 0 Å². The van der Waals surface area contributed by atoms with Crippen molar-refractivity contribution < 1.29 is 9.53 Å². The molecule has 1 aliphatic heterocycles. The Balaban J connectivity index is 2.06. The van der Waals surface area contributed by atoms with Crippen molar-refractivity contribution in [1.29, 1.82) is 0 Å². The van der Waals surface area contributed by atoms with Crippen molar-refractivity contribution in [3.63, 3.8) is 0 Å². The summed E-state index contributed by atoms with van der Waals surface area (Å²) in [6, 6.07) is 0.455. The van der Waals surface area contributed by atoms with E-state index in [1.807, 2.05) is 6.92 Å². The predicted octanol–water partition coefficient (Wildman–Crippen LogP) is -0.109. The second-order valence-corrected chi connectivity index (χ2v) is 3.22. The van der Waals surface area contributed by atoms with Gasteiger partial charge < -0.3 is 15.4 Å². The van der Waals surface area contributed by atoms with Crippen LogP contribution in [0.2, 0.25) is 0 Å². The number of carbonyl (C=O) groups excluding carboxylic acids is 1. The first kappa shape index (κ1) is 10.5. The standard InChI is InChI=1S/C9H18N2O2/c1-2-10-9(12)7-11-8-3-5-13-6-4-8/h8,11H,2-7H2,1H3,(H,10,12). The van der Waals surface area contributed by atoms with Crippen LogP contribution in [0.4, 0.5) is 0 Å². The van der Waals surface area contributed by atoms with Crippen molar-refractivity contribution in [2.24, 2.45) is 0 Å². The van der Waals surface area contributed by atoms with E-state index in [9.17, 15) is 4.79 Å². The molecule has 0 aromatic heterocycles. The summed E-state index contributed by atoms with van der Waals surface area (Å²) in [5.41, 5.74) is 0. The molecule has 1 aliphatic rings. The van der Waals surface area contributed by atoms with E-state index in [2.05, 4.69) is 10.6 Å². The van der Waals surface area contributed by atoms with E-state index in [0.29, 0.717) is 19.1 Å². The second-order valence-electron chi connectivity index (χ2n) is 3.22. The Labute approximate surface area is 79.0 Å². The van der Waals surface area contributed by atoms with E-state index in [1.54, 1.807) is 0 Å². The molecule has 0 saturated carbocycles. The molecule has 13 heavy (non-hydrogen) atoms. The smallest absolute Gasteiger partial charge is 0.233 e. The van der Waals surface area contributed by atoms with Crippen LogP contribution < -0.4 is 10.6 Å². The molecule has 4 nitrogen and oxygen atoms in total. The molecule has 0 unspecified atom stereocenters. The van der Waals surface area contributed by atoms with Gasteiger partial charge in [-0.25, -0.2) is 0 Å². The fraction of sp³-hybridized carbons (Fsp3) is 0.889. The molecule has 1 saturated heterocycles. The van der Waals surface area contributed by atoms with Gasteiger partial charge in [0.05, 0.1) is 6.54 Å². The lowest BCUT2D eigenvalue weighted by Gasteiger charge is -2.22. The molecule has 0 aliphatic carbocycles. The van der Waals surface area contributed by atoms with Crippen LogP contribution in [0.15, 0.2) is 0 Å². The Morgan fingerprint density at radius 2 is 2.15 bits per heavy atom. The second kappa shape index (κ2) is 5.94. The van der Waals surface area contributed by atoms with Crippen LogP contribution in [0.1, 0.15) is 19.8 Å². The molecular weight excluding hydrogens is 168 g/mol. The van der Waals surface area contributed by atoms with E-state index in [4.69, 9.17) is 4.74 Å². The van der Waals surface area contributed by atoms with Crippen molar-refractivity contribution in [1.82, 2.24) is 10.6 Å². The van der Waals surface area contributed by atoms with Crippen molar-refractivity contribution in [3.05, 3.63) is 0 Å². The van der Waals surface area contributed by atoms with Crippen LogP contribution in [-0.4, -0.2) is 38.3 Å². The fourth-order valence-corrected chi connectivity index (χ4v) is 1.40. The van der Waals surface area contributed by atoms with Crippen LogP contribution in [0.3, 0.4) is 0 Å². The number of hydrogen-bond acceptors (Lipinski definition) is 3. The van der Waals surface area contributed by atoms with Crippen LogP contribution in [0, 0.1) is 0 Å². The maximum absolute atomic E-state index is 11.1. The lowest BCUT2D eigenvalue weighted by Crippen LogP contribution is -2.41. The molecule has 0 spiro atoms. The molecule has 1 amide bonds. The monoisotopic (exact) mass is 186 g/mol.